The van der Waals surface area contributed by atoms with Gasteiger partial charge in [-0.1, -0.05) is 6.07 Å². The predicted molar refractivity (Wildman–Crippen MR) is 123 cm³/mol. The summed E-state index contributed by atoms with van der Waals surface area (Å²) in [4.78, 5) is 16.8. The van der Waals surface area contributed by atoms with E-state index in [1.54, 1.807) is 0 Å². The van der Waals surface area contributed by atoms with Crippen LogP contribution >= 0.6 is 11.3 Å². The number of benzene rings is 2. The van der Waals surface area contributed by atoms with Crippen LogP contribution in [0.25, 0.3) is 11.3 Å². The summed E-state index contributed by atoms with van der Waals surface area (Å²) in [5, 5.41) is 5.51. The third kappa shape index (κ3) is 5.83. The van der Waals surface area contributed by atoms with Crippen molar-refractivity contribution >= 4 is 22.4 Å². The topological polar surface area (TPSA) is 60.5 Å². The molecular weight excluding hydrogens is 396 g/mol. The number of nitrogens with one attached hydrogen (secondary N) is 1. The first-order valence-corrected chi connectivity index (χ1v) is 11.0. The molecule has 0 bridgehead atoms. The third-order valence-electron chi connectivity index (χ3n) is 4.82. The van der Waals surface area contributed by atoms with Gasteiger partial charge in [-0.25, -0.2) is 4.98 Å². The van der Waals surface area contributed by atoms with Crippen LogP contribution in [0.4, 0.5) is 5.13 Å². The number of hydrogen-bond donors (Lipinski definition) is 1. The lowest BCUT2D eigenvalue weighted by atomic mass is 9.99. The van der Waals surface area contributed by atoms with Gasteiger partial charge in [-0.15, -0.1) is 11.3 Å². The van der Waals surface area contributed by atoms with E-state index < -0.39 is 0 Å². The molecule has 1 heterocycles. The van der Waals surface area contributed by atoms with Gasteiger partial charge in [0.15, 0.2) is 5.13 Å². The maximum atomic E-state index is 12.2. The zero-order chi connectivity index (χ0) is 21.5. The molecule has 3 rings (SSSR count). The minimum atomic E-state index is -0.0528. The van der Waals surface area contributed by atoms with Crippen LogP contribution in [-0.2, 0) is 4.79 Å². The standard InChI is InChI=1S/C24H28N2O3S/c1-5-28-19-8-10-20(11-9-19)29-12-6-7-23(27)26-24-25-22(15-30-24)21-14-17(3)16(2)13-18(21)4/h8-11,13-15H,5-7,12H2,1-4H3,(H,25,26,27). The Kier molecular flexibility index (Phi) is 7.46. The molecule has 158 valence electrons. The number of aryl methyl sites for hydroxylation is 3. The first-order valence-electron chi connectivity index (χ1n) is 10.2. The van der Waals surface area contributed by atoms with Crippen LogP contribution < -0.4 is 14.8 Å². The van der Waals surface area contributed by atoms with Crippen LogP contribution in [0.5, 0.6) is 11.5 Å². The summed E-state index contributed by atoms with van der Waals surface area (Å²) in [6, 6.07) is 11.8. The Hall–Kier alpha value is -2.86. The van der Waals surface area contributed by atoms with Crippen LogP contribution in [-0.4, -0.2) is 24.1 Å². The van der Waals surface area contributed by atoms with Gasteiger partial charge in [-0.3, -0.25) is 4.79 Å². The Morgan fingerprint density at radius 1 is 1.00 bits per heavy atom. The number of aromatic nitrogens is 1. The number of nitrogens with zero attached hydrogens (tertiary/aromatic N) is 1. The normalized spacial score (nSPS) is 10.7. The summed E-state index contributed by atoms with van der Waals surface area (Å²) in [6.45, 7) is 9.36. The van der Waals surface area contributed by atoms with Crippen molar-refractivity contribution in [3.63, 3.8) is 0 Å². The second-order valence-corrected chi connectivity index (χ2v) is 8.05. The number of thiazole rings is 1. The molecule has 2 aromatic carbocycles. The quantitative estimate of drug-likeness (QED) is 0.432. The van der Waals surface area contributed by atoms with Gasteiger partial charge >= 0.3 is 0 Å². The minimum absolute atomic E-state index is 0.0528. The van der Waals surface area contributed by atoms with Gasteiger partial charge in [-0.05, 0) is 81.1 Å². The van der Waals surface area contributed by atoms with Crippen LogP contribution in [0.1, 0.15) is 36.5 Å². The fourth-order valence-electron chi connectivity index (χ4n) is 3.09. The Morgan fingerprint density at radius 2 is 1.67 bits per heavy atom. The van der Waals surface area contributed by atoms with Gasteiger partial charge < -0.3 is 14.8 Å². The lowest BCUT2D eigenvalue weighted by molar-refractivity contribution is -0.116. The molecule has 6 heteroatoms. The highest BCUT2D eigenvalue weighted by Gasteiger charge is 2.11. The summed E-state index contributed by atoms with van der Waals surface area (Å²) in [6.07, 6.45) is 1.02. The first kappa shape index (κ1) is 21.8. The molecule has 0 radical (unpaired) electrons. The van der Waals surface area contributed by atoms with Crippen molar-refractivity contribution in [2.45, 2.75) is 40.5 Å². The van der Waals surface area contributed by atoms with E-state index in [0.717, 1.165) is 22.8 Å². The molecular formula is C24H28N2O3S. The average Bonchev–Trinajstić information content (AvgIpc) is 3.17. The van der Waals surface area contributed by atoms with Gasteiger partial charge in [0.05, 0.1) is 18.9 Å². The van der Waals surface area contributed by atoms with Gasteiger partial charge in [0.1, 0.15) is 11.5 Å². The SMILES string of the molecule is CCOc1ccc(OCCCC(=O)Nc2nc(-c3cc(C)c(C)cc3C)cs2)cc1. The van der Waals surface area contributed by atoms with E-state index in [0.29, 0.717) is 31.2 Å². The van der Waals surface area contributed by atoms with Crippen molar-refractivity contribution in [2.24, 2.45) is 0 Å². The second-order valence-electron chi connectivity index (χ2n) is 7.19. The summed E-state index contributed by atoms with van der Waals surface area (Å²) in [7, 11) is 0. The monoisotopic (exact) mass is 424 g/mol. The largest absolute Gasteiger partial charge is 0.494 e. The second kappa shape index (κ2) is 10.3. The van der Waals surface area contributed by atoms with E-state index in [-0.39, 0.29) is 5.91 Å². The molecule has 0 fully saturated rings. The van der Waals surface area contributed by atoms with E-state index in [2.05, 4.69) is 43.2 Å². The number of carbonyl (C=O) groups is 1. The number of rotatable bonds is 9. The van der Waals surface area contributed by atoms with Crippen molar-refractivity contribution in [3.05, 3.63) is 58.5 Å². The number of anilines is 1. The minimum Gasteiger partial charge on any atom is -0.494 e. The Balaban J connectivity index is 1.46. The maximum absolute atomic E-state index is 12.2. The fraction of sp³-hybridized carbons (Fsp3) is 0.333. The lowest BCUT2D eigenvalue weighted by Crippen LogP contribution is -2.12. The molecule has 0 aliphatic rings. The predicted octanol–water partition coefficient (Wildman–Crippen LogP) is 5.93. The molecule has 0 spiro atoms. The molecule has 1 N–H and O–H groups in total. The summed E-state index contributed by atoms with van der Waals surface area (Å²) < 4.78 is 11.1. The molecule has 5 nitrogen and oxygen atoms in total. The van der Waals surface area contributed by atoms with Crippen LogP contribution in [0, 0.1) is 20.8 Å². The van der Waals surface area contributed by atoms with E-state index in [1.165, 1.54) is 28.0 Å². The zero-order valence-electron chi connectivity index (χ0n) is 18.0. The van der Waals surface area contributed by atoms with Crippen molar-refractivity contribution < 1.29 is 14.3 Å². The average molecular weight is 425 g/mol. The Morgan fingerprint density at radius 3 is 2.37 bits per heavy atom. The summed E-state index contributed by atoms with van der Waals surface area (Å²) >= 11 is 1.45. The first-order chi connectivity index (χ1) is 14.5. The van der Waals surface area contributed by atoms with E-state index >= 15 is 0 Å². The highest BCUT2D eigenvalue weighted by molar-refractivity contribution is 7.14. The van der Waals surface area contributed by atoms with Crippen molar-refractivity contribution in [2.75, 3.05) is 18.5 Å². The number of amides is 1. The molecule has 1 amide bonds. The van der Waals surface area contributed by atoms with Gasteiger partial charge in [0, 0.05) is 17.4 Å². The van der Waals surface area contributed by atoms with Crippen LogP contribution in [0.3, 0.4) is 0 Å². The molecule has 0 unspecified atom stereocenters. The molecule has 0 saturated carbocycles. The highest BCUT2D eigenvalue weighted by Crippen LogP contribution is 2.29. The highest BCUT2D eigenvalue weighted by atomic mass is 32.1. The molecule has 3 aromatic rings. The van der Waals surface area contributed by atoms with Crippen LogP contribution in [0.15, 0.2) is 41.8 Å². The smallest absolute Gasteiger partial charge is 0.226 e. The van der Waals surface area contributed by atoms with E-state index in [1.807, 2.05) is 36.6 Å². The van der Waals surface area contributed by atoms with Gasteiger partial charge in [0.2, 0.25) is 5.91 Å². The van der Waals surface area contributed by atoms with Crippen molar-refractivity contribution in [3.8, 4) is 22.8 Å². The zero-order valence-corrected chi connectivity index (χ0v) is 18.8. The summed E-state index contributed by atoms with van der Waals surface area (Å²) in [5.41, 5.74) is 5.70. The van der Waals surface area contributed by atoms with E-state index in [4.69, 9.17) is 9.47 Å². The number of hydrogen-bond acceptors (Lipinski definition) is 5. The van der Waals surface area contributed by atoms with Gasteiger partial charge in [0.25, 0.3) is 0 Å². The molecule has 0 aliphatic heterocycles. The van der Waals surface area contributed by atoms with Crippen molar-refractivity contribution in [1.82, 2.24) is 4.98 Å². The van der Waals surface area contributed by atoms with Crippen LogP contribution in [0.2, 0.25) is 0 Å². The number of ether oxygens (including phenoxy) is 2. The molecule has 0 aliphatic carbocycles. The maximum Gasteiger partial charge on any atom is 0.226 e. The third-order valence-corrected chi connectivity index (χ3v) is 5.58. The van der Waals surface area contributed by atoms with Crippen molar-refractivity contribution in [1.29, 1.82) is 0 Å². The fourth-order valence-corrected chi connectivity index (χ4v) is 3.82. The Bertz CT molecular complexity index is 996. The lowest BCUT2D eigenvalue weighted by Gasteiger charge is -2.08. The molecule has 1 aromatic heterocycles. The molecule has 0 saturated heterocycles. The summed E-state index contributed by atoms with van der Waals surface area (Å²) in [5.74, 6) is 1.54. The van der Waals surface area contributed by atoms with Gasteiger partial charge in [-0.2, -0.15) is 0 Å². The molecule has 30 heavy (non-hydrogen) atoms. The van der Waals surface area contributed by atoms with E-state index in [9.17, 15) is 4.79 Å². The number of carbonyl (C=O) groups excluding carboxylic acids is 1. The molecule has 0 atom stereocenters. The Labute approximate surface area is 182 Å².